The molecule has 2 rings (SSSR count). The number of aromatic nitrogens is 1. The smallest absolute Gasteiger partial charge is 0.0603 e. The summed E-state index contributed by atoms with van der Waals surface area (Å²) in [5.74, 6) is 0. The lowest BCUT2D eigenvalue weighted by Crippen LogP contribution is -2.23. The van der Waals surface area contributed by atoms with Gasteiger partial charge in [-0.25, -0.2) is 0 Å². The fraction of sp³-hybridized carbons (Fsp3) is 0.615. The Morgan fingerprint density at radius 3 is 3.06 bits per heavy atom. The molecule has 1 N–H and O–H groups in total. The van der Waals surface area contributed by atoms with Gasteiger partial charge in [-0.3, -0.25) is 4.98 Å². The first-order valence-corrected chi connectivity index (χ1v) is 6.12. The Kier molecular flexibility index (Phi) is 3.78. The lowest BCUT2D eigenvalue weighted by molar-refractivity contribution is 0.348. The van der Waals surface area contributed by atoms with Crippen molar-refractivity contribution in [3.63, 3.8) is 0 Å². The number of aryl methyl sites for hydroxylation is 1. The highest BCUT2D eigenvalue weighted by atomic mass is 15.1. The Balaban J connectivity index is 1.96. The average molecular weight is 219 g/mol. The lowest BCUT2D eigenvalue weighted by atomic mass is 10.1. The number of nitrogens with zero attached hydrogens (tertiary/aromatic N) is 2. The average Bonchev–Trinajstić information content (AvgIpc) is 2.47. The van der Waals surface area contributed by atoms with E-state index in [-0.39, 0.29) is 0 Å². The third-order valence-electron chi connectivity index (χ3n) is 3.32. The fourth-order valence-electron chi connectivity index (χ4n) is 2.24. The number of hydrogen-bond acceptors (Lipinski definition) is 3. The van der Waals surface area contributed by atoms with E-state index in [0.717, 1.165) is 5.69 Å². The van der Waals surface area contributed by atoms with Crippen LogP contribution in [0, 0.1) is 6.92 Å². The second-order valence-corrected chi connectivity index (χ2v) is 4.71. The maximum Gasteiger partial charge on any atom is 0.0603 e. The highest BCUT2D eigenvalue weighted by Crippen LogP contribution is 2.17. The van der Waals surface area contributed by atoms with E-state index in [9.17, 15) is 0 Å². The van der Waals surface area contributed by atoms with Crippen LogP contribution in [0.15, 0.2) is 18.3 Å². The molecule has 1 aliphatic rings. The largest absolute Gasteiger partial charge is 0.381 e. The molecular formula is C13H21N3. The van der Waals surface area contributed by atoms with Gasteiger partial charge in [0.1, 0.15) is 0 Å². The van der Waals surface area contributed by atoms with Crippen molar-refractivity contribution in [1.82, 2.24) is 9.88 Å². The van der Waals surface area contributed by atoms with Gasteiger partial charge in [-0.1, -0.05) is 0 Å². The predicted molar refractivity (Wildman–Crippen MR) is 67.7 cm³/mol. The molecule has 0 amide bonds. The van der Waals surface area contributed by atoms with Gasteiger partial charge in [0.2, 0.25) is 0 Å². The minimum absolute atomic E-state index is 0.604. The van der Waals surface area contributed by atoms with E-state index in [0.29, 0.717) is 6.04 Å². The van der Waals surface area contributed by atoms with E-state index < -0.39 is 0 Å². The highest BCUT2D eigenvalue weighted by molar-refractivity contribution is 5.47. The summed E-state index contributed by atoms with van der Waals surface area (Å²) in [5, 5.41) is 3.62. The minimum atomic E-state index is 0.604. The predicted octanol–water partition coefficient (Wildman–Crippen LogP) is 2.29. The number of rotatable bonds is 2. The molecule has 0 bridgehead atoms. The van der Waals surface area contributed by atoms with Crippen LogP contribution in [0.4, 0.5) is 5.69 Å². The summed E-state index contributed by atoms with van der Waals surface area (Å²) in [7, 11) is 2.21. The van der Waals surface area contributed by atoms with E-state index in [1.807, 2.05) is 12.3 Å². The number of pyridine rings is 1. The van der Waals surface area contributed by atoms with Crippen LogP contribution >= 0.6 is 0 Å². The number of hydrogen-bond donors (Lipinski definition) is 1. The van der Waals surface area contributed by atoms with Crippen LogP contribution in [0.2, 0.25) is 0 Å². The maximum absolute atomic E-state index is 4.31. The van der Waals surface area contributed by atoms with Crippen molar-refractivity contribution >= 4 is 5.69 Å². The van der Waals surface area contributed by atoms with Crippen LogP contribution in [0.25, 0.3) is 0 Å². The summed E-state index contributed by atoms with van der Waals surface area (Å²) in [5.41, 5.74) is 2.29. The second-order valence-electron chi connectivity index (χ2n) is 4.71. The summed E-state index contributed by atoms with van der Waals surface area (Å²) < 4.78 is 0. The first-order chi connectivity index (χ1) is 7.75. The van der Waals surface area contributed by atoms with Gasteiger partial charge in [0, 0.05) is 12.2 Å². The van der Waals surface area contributed by atoms with Crippen molar-refractivity contribution in [3.05, 3.63) is 24.0 Å². The molecule has 1 aliphatic heterocycles. The monoisotopic (exact) mass is 219 g/mol. The van der Waals surface area contributed by atoms with Crippen LogP contribution in [0.1, 0.15) is 25.0 Å². The molecule has 1 saturated heterocycles. The van der Waals surface area contributed by atoms with Gasteiger partial charge in [0.15, 0.2) is 0 Å². The molecule has 88 valence electrons. The van der Waals surface area contributed by atoms with Gasteiger partial charge < -0.3 is 10.2 Å². The van der Waals surface area contributed by atoms with Gasteiger partial charge in [0.25, 0.3) is 0 Å². The standard InChI is InChI=1S/C13H21N3/c1-11-13(6-3-8-14-11)15-12-5-4-9-16(2)10-7-12/h3,6,8,12,15H,4-5,7,9-10H2,1-2H3. The Morgan fingerprint density at radius 2 is 2.25 bits per heavy atom. The Hall–Kier alpha value is -1.09. The van der Waals surface area contributed by atoms with Gasteiger partial charge >= 0.3 is 0 Å². The molecule has 2 heterocycles. The Bertz CT molecular complexity index is 338. The molecule has 3 nitrogen and oxygen atoms in total. The molecule has 1 aromatic heterocycles. The van der Waals surface area contributed by atoms with E-state index in [4.69, 9.17) is 0 Å². The normalized spacial score (nSPS) is 22.8. The van der Waals surface area contributed by atoms with E-state index >= 15 is 0 Å². The summed E-state index contributed by atoms with van der Waals surface area (Å²) in [4.78, 5) is 6.72. The molecule has 0 spiro atoms. The first kappa shape index (κ1) is 11.4. The van der Waals surface area contributed by atoms with Crippen molar-refractivity contribution in [2.45, 2.75) is 32.2 Å². The number of anilines is 1. The molecule has 0 radical (unpaired) electrons. The van der Waals surface area contributed by atoms with Crippen molar-refractivity contribution in [2.24, 2.45) is 0 Å². The van der Waals surface area contributed by atoms with E-state index in [1.54, 1.807) is 0 Å². The fourth-order valence-corrected chi connectivity index (χ4v) is 2.24. The molecule has 3 heteroatoms. The SMILES string of the molecule is Cc1ncccc1NC1CCCN(C)CC1. The molecular weight excluding hydrogens is 198 g/mol. The Morgan fingerprint density at radius 1 is 1.38 bits per heavy atom. The van der Waals surface area contributed by atoms with E-state index in [2.05, 4.69) is 35.2 Å². The molecule has 0 aliphatic carbocycles. The number of nitrogens with one attached hydrogen (secondary N) is 1. The van der Waals surface area contributed by atoms with Gasteiger partial charge in [-0.15, -0.1) is 0 Å². The first-order valence-electron chi connectivity index (χ1n) is 6.12. The molecule has 1 atom stereocenters. The van der Waals surface area contributed by atoms with Crippen molar-refractivity contribution < 1.29 is 0 Å². The molecule has 0 aromatic carbocycles. The van der Waals surface area contributed by atoms with Gasteiger partial charge in [0.05, 0.1) is 11.4 Å². The molecule has 1 unspecified atom stereocenters. The van der Waals surface area contributed by atoms with Gasteiger partial charge in [-0.2, -0.15) is 0 Å². The molecule has 16 heavy (non-hydrogen) atoms. The minimum Gasteiger partial charge on any atom is -0.381 e. The number of likely N-dealkylation sites (tertiary alicyclic amines) is 1. The van der Waals surface area contributed by atoms with Crippen LogP contribution in [-0.4, -0.2) is 36.1 Å². The zero-order valence-corrected chi connectivity index (χ0v) is 10.2. The Labute approximate surface area is 97.9 Å². The zero-order chi connectivity index (χ0) is 11.4. The van der Waals surface area contributed by atoms with Crippen molar-refractivity contribution in [2.75, 3.05) is 25.5 Å². The summed E-state index contributed by atoms with van der Waals surface area (Å²) in [6.07, 6.45) is 5.62. The van der Waals surface area contributed by atoms with Gasteiger partial charge in [-0.05, 0) is 58.5 Å². The topological polar surface area (TPSA) is 28.2 Å². The van der Waals surface area contributed by atoms with Crippen LogP contribution < -0.4 is 5.32 Å². The van der Waals surface area contributed by atoms with Crippen LogP contribution in [0.3, 0.4) is 0 Å². The molecule has 0 saturated carbocycles. The maximum atomic E-state index is 4.31. The van der Waals surface area contributed by atoms with E-state index in [1.165, 1.54) is 38.0 Å². The zero-order valence-electron chi connectivity index (χ0n) is 10.2. The third kappa shape index (κ3) is 2.95. The van der Waals surface area contributed by atoms with Crippen LogP contribution in [-0.2, 0) is 0 Å². The molecule has 1 fully saturated rings. The quantitative estimate of drug-likeness (QED) is 0.827. The lowest BCUT2D eigenvalue weighted by Gasteiger charge is -2.18. The summed E-state index contributed by atoms with van der Waals surface area (Å²) >= 11 is 0. The summed E-state index contributed by atoms with van der Waals surface area (Å²) in [6.45, 7) is 4.48. The summed E-state index contributed by atoms with van der Waals surface area (Å²) in [6, 6.07) is 4.72. The second kappa shape index (κ2) is 5.30. The van der Waals surface area contributed by atoms with Crippen LogP contribution in [0.5, 0.6) is 0 Å². The molecule has 1 aromatic rings. The highest BCUT2D eigenvalue weighted by Gasteiger charge is 2.14. The van der Waals surface area contributed by atoms with Crippen molar-refractivity contribution in [3.8, 4) is 0 Å². The van der Waals surface area contributed by atoms with Crippen molar-refractivity contribution in [1.29, 1.82) is 0 Å². The third-order valence-corrected chi connectivity index (χ3v) is 3.32.